The fourth-order valence-corrected chi connectivity index (χ4v) is 2.69. The van der Waals surface area contributed by atoms with Crippen LogP contribution < -0.4 is 4.90 Å². The molecule has 0 aliphatic carbocycles. The molecule has 1 fully saturated rings. The van der Waals surface area contributed by atoms with Gasteiger partial charge in [0, 0.05) is 5.56 Å². The van der Waals surface area contributed by atoms with Crippen LogP contribution in [0, 0.1) is 6.92 Å². The number of cyclic esters (lactones) is 1. The minimum atomic E-state index is -0.319. The lowest BCUT2D eigenvalue weighted by molar-refractivity contribution is 0.181. The number of carbonyl (C=O) groups is 1. The predicted molar refractivity (Wildman–Crippen MR) is 85.3 cm³/mol. The summed E-state index contributed by atoms with van der Waals surface area (Å²) in [5.41, 5.74) is 3.78. The van der Waals surface area contributed by atoms with E-state index in [0.717, 1.165) is 22.4 Å². The second-order valence-electron chi connectivity index (χ2n) is 4.92. The molecule has 1 aliphatic rings. The van der Waals surface area contributed by atoms with E-state index in [1.54, 1.807) is 11.0 Å². The minimum Gasteiger partial charge on any atom is -0.447 e. The maximum absolute atomic E-state index is 11.8. The Hall–Kier alpha value is -1.71. The van der Waals surface area contributed by atoms with Crippen LogP contribution in [0.1, 0.15) is 5.56 Å². The Balaban J connectivity index is 2.14. The van der Waals surface area contributed by atoms with Crippen LogP contribution in [0.3, 0.4) is 0 Å². The van der Waals surface area contributed by atoms with Crippen molar-refractivity contribution in [2.45, 2.75) is 6.92 Å². The number of benzene rings is 2. The zero-order valence-corrected chi connectivity index (χ0v) is 12.9. The number of amides is 1. The molecule has 0 bridgehead atoms. The smallest absolute Gasteiger partial charge is 0.414 e. The summed E-state index contributed by atoms with van der Waals surface area (Å²) in [6.45, 7) is 2.97. The molecule has 1 aliphatic heterocycles. The molecule has 0 saturated carbocycles. The number of nitrogens with zero attached hydrogens (tertiary/aromatic N) is 1. The zero-order chi connectivity index (χ0) is 15.0. The Morgan fingerprint density at radius 2 is 1.90 bits per heavy atom. The van der Waals surface area contributed by atoms with Crippen molar-refractivity contribution in [1.29, 1.82) is 0 Å². The van der Waals surface area contributed by atoms with Gasteiger partial charge < -0.3 is 4.74 Å². The minimum absolute atomic E-state index is 0.319. The van der Waals surface area contributed by atoms with Crippen LogP contribution in [0.25, 0.3) is 11.1 Å². The van der Waals surface area contributed by atoms with Crippen molar-refractivity contribution in [1.82, 2.24) is 0 Å². The van der Waals surface area contributed by atoms with Gasteiger partial charge in [-0.15, -0.1) is 0 Å². The average Bonchev–Trinajstić information content (AvgIpc) is 2.88. The van der Waals surface area contributed by atoms with Gasteiger partial charge in [0.05, 0.1) is 22.3 Å². The molecular weight excluding hydrogens is 309 g/mol. The molecule has 0 radical (unpaired) electrons. The Labute approximate surface area is 133 Å². The molecule has 0 N–H and O–H groups in total. The highest BCUT2D eigenvalue weighted by atomic mass is 35.5. The molecular formula is C16H13Cl2NO2. The predicted octanol–water partition coefficient (Wildman–Crippen LogP) is 4.93. The van der Waals surface area contributed by atoms with E-state index in [9.17, 15) is 4.79 Å². The maximum Gasteiger partial charge on any atom is 0.414 e. The van der Waals surface area contributed by atoms with Gasteiger partial charge in [0.25, 0.3) is 0 Å². The molecule has 2 aromatic rings. The van der Waals surface area contributed by atoms with Crippen molar-refractivity contribution < 1.29 is 9.53 Å². The largest absolute Gasteiger partial charge is 0.447 e. The van der Waals surface area contributed by atoms with E-state index >= 15 is 0 Å². The Kier molecular flexibility index (Phi) is 3.79. The van der Waals surface area contributed by atoms with Crippen molar-refractivity contribution in [3.63, 3.8) is 0 Å². The second-order valence-corrected chi connectivity index (χ2v) is 5.73. The van der Waals surface area contributed by atoms with Crippen LogP contribution in [0.2, 0.25) is 10.0 Å². The fourth-order valence-electron chi connectivity index (χ4n) is 2.39. The molecule has 3 rings (SSSR count). The van der Waals surface area contributed by atoms with Crippen LogP contribution in [0.4, 0.5) is 10.5 Å². The summed E-state index contributed by atoms with van der Waals surface area (Å²) in [4.78, 5) is 13.5. The summed E-state index contributed by atoms with van der Waals surface area (Å²) in [6.07, 6.45) is -0.319. The van der Waals surface area contributed by atoms with Crippen molar-refractivity contribution >= 4 is 35.0 Å². The lowest BCUT2D eigenvalue weighted by Crippen LogP contribution is -2.23. The number of aryl methyl sites for hydroxylation is 1. The highest BCUT2D eigenvalue weighted by Gasteiger charge is 2.26. The molecule has 0 spiro atoms. The molecule has 21 heavy (non-hydrogen) atoms. The second kappa shape index (κ2) is 5.58. The molecule has 1 heterocycles. The number of halogens is 2. The first-order chi connectivity index (χ1) is 10.1. The van der Waals surface area contributed by atoms with E-state index in [0.29, 0.717) is 23.2 Å². The summed E-state index contributed by atoms with van der Waals surface area (Å²) in [5.74, 6) is 0. The van der Waals surface area contributed by atoms with E-state index in [1.807, 2.05) is 37.3 Å². The van der Waals surface area contributed by atoms with E-state index < -0.39 is 0 Å². The third kappa shape index (κ3) is 2.71. The zero-order valence-electron chi connectivity index (χ0n) is 11.4. The van der Waals surface area contributed by atoms with E-state index in [1.165, 1.54) is 0 Å². The van der Waals surface area contributed by atoms with E-state index in [4.69, 9.17) is 27.9 Å². The van der Waals surface area contributed by atoms with Gasteiger partial charge in [-0.05, 0) is 36.8 Å². The van der Waals surface area contributed by atoms with Crippen LogP contribution in [0.5, 0.6) is 0 Å². The first kappa shape index (κ1) is 14.2. The van der Waals surface area contributed by atoms with Crippen molar-refractivity contribution in [2.75, 3.05) is 18.1 Å². The van der Waals surface area contributed by atoms with Gasteiger partial charge in [-0.3, -0.25) is 4.90 Å². The van der Waals surface area contributed by atoms with Gasteiger partial charge >= 0.3 is 6.09 Å². The highest BCUT2D eigenvalue weighted by Crippen LogP contribution is 2.36. The van der Waals surface area contributed by atoms with E-state index in [-0.39, 0.29) is 6.09 Å². The monoisotopic (exact) mass is 321 g/mol. The molecule has 0 aromatic heterocycles. The van der Waals surface area contributed by atoms with Crippen molar-refractivity contribution in [3.05, 3.63) is 52.0 Å². The number of anilines is 1. The van der Waals surface area contributed by atoms with Gasteiger partial charge in [-0.25, -0.2) is 4.79 Å². The SMILES string of the molecule is Cc1ccc(N2CCOC2=O)c(-c2ccc(Cl)c(Cl)c2)c1. The summed E-state index contributed by atoms with van der Waals surface area (Å²) < 4.78 is 5.02. The topological polar surface area (TPSA) is 29.5 Å². The van der Waals surface area contributed by atoms with Crippen molar-refractivity contribution in [2.24, 2.45) is 0 Å². The fraction of sp³-hybridized carbons (Fsp3) is 0.188. The molecule has 0 unspecified atom stereocenters. The standard InChI is InChI=1S/C16H13Cl2NO2/c1-10-2-5-15(19-6-7-21-16(19)20)12(8-10)11-3-4-13(17)14(18)9-11/h2-5,8-9H,6-7H2,1H3. The third-order valence-corrected chi connectivity index (χ3v) is 4.17. The molecule has 1 amide bonds. The Morgan fingerprint density at radius 3 is 2.57 bits per heavy atom. The first-order valence-electron chi connectivity index (χ1n) is 6.56. The lowest BCUT2D eigenvalue weighted by atomic mass is 10.0. The van der Waals surface area contributed by atoms with Gasteiger partial charge in [-0.1, -0.05) is 40.9 Å². The van der Waals surface area contributed by atoms with Gasteiger partial charge in [-0.2, -0.15) is 0 Å². The van der Waals surface area contributed by atoms with Crippen LogP contribution in [-0.4, -0.2) is 19.2 Å². The number of carbonyl (C=O) groups excluding carboxylic acids is 1. The summed E-state index contributed by atoms with van der Waals surface area (Å²) >= 11 is 12.1. The number of hydrogen-bond acceptors (Lipinski definition) is 2. The molecule has 0 atom stereocenters. The Bertz CT molecular complexity index is 715. The number of ether oxygens (including phenoxy) is 1. The molecule has 5 heteroatoms. The van der Waals surface area contributed by atoms with Crippen LogP contribution in [-0.2, 0) is 4.74 Å². The average molecular weight is 322 g/mol. The van der Waals surface area contributed by atoms with Crippen molar-refractivity contribution in [3.8, 4) is 11.1 Å². The third-order valence-electron chi connectivity index (χ3n) is 3.43. The highest BCUT2D eigenvalue weighted by molar-refractivity contribution is 6.42. The van der Waals surface area contributed by atoms with Crippen LogP contribution >= 0.6 is 23.2 Å². The van der Waals surface area contributed by atoms with Gasteiger partial charge in [0.1, 0.15) is 6.61 Å². The molecule has 3 nitrogen and oxygen atoms in total. The first-order valence-corrected chi connectivity index (χ1v) is 7.32. The van der Waals surface area contributed by atoms with Gasteiger partial charge in [0.2, 0.25) is 0 Å². The molecule has 108 valence electrons. The summed E-state index contributed by atoms with van der Waals surface area (Å²) in [6, 6.07) is 11.4. The number of rotatable bonds is 2. The summed E-state index contributed by atoms with van der Waals surface area (Å²) in [7, 11) is 0. The molecule has 1 saturated heterocycles. The van der Waals surface area contributed by atoms with Crippen LogP contribution in [0.15, 0.2) is 36.4 Å². The Morgan fingerprint density at radius 1 is 1.10 bits per heavy atom. The number of hydrogen-bond donors (Lipinski definition) is 0. The van der Waals surface area contributed by atoms with E-state index in [2.05, 4.69) is 0 Å². The molecule has 2 aromatic carbocycles. The lowest BCUT2D eigenvalue weighted by Gasteiger charge is -2.18. The summed E-state index contributed by atoms with van der Waals surface area (Å²) in [5, 5.41) is 1.00. The van der Waals surface area contributed by atoms with Gasteiger partial charge in [0.15, 0.2) is 0 Å². The maximum atomic E-state index is 11.8. The quantitative estimate of drug-likeness (QED) is 0.785. The normalized spacial score (nSPS) is 14.4.